The first-order valence-electron chi connectivity index (χ1n) is 10.0. The third kappa shape index (κ3) is 4.80. The van der Waals surface area contributed by atoms with Crippen molar-refractivity contribution in [2.75, 3.05) is 10.6 Å². The third-order valence-corrected chi connectivity index (χ3v) is 6.40. The lowest BCUT2D eigenvalue weighted by Gasteiger charge is -2.16. The lowest BCUT2D eigenvalue weighted by atomic mass is 10.1. The number of fused-ring (bicyclic) bond motifs is 1. The summed E-state index contributed by atoms with van der Waals surface area (Å²) < 4.78 is 0. The van der Waals surface area contributed by atoms with E-state index < -0.39 is 0 Å². The number of carbonyl (C=O) groups excluding carboxylic acids is 2. The Bertz CT molecular complexity index is 1040. The predicted molar refractivity (Wildman–Crippen MR) is 120 cm³/mol. The second-order valence-corrected chi connectivity index (χ2v) is 8.60. The molecule has 1 aliphatic carbocycles. The van der Waals surface area contributed by atoms with E-state index in [0.717, 1.165) is 39.9 Å². The molecule has 0 aliphatic heterocycles. The van der Waals surface area contributed by atoms with Crippen molar-refractivity contribution >= 4 is 45.7 Å². The molecule has 0 saturated heterocycles. The van der Waals surface area contributed by atoms with Gasteiger partial charge in [-0.25, -0.2) is 0 Å². The summed E-state index contributed by atoms with van der Waals surface area (Å²) in [5.41, 5.74) is 1.62. The highest BCUT2D eigenvalue weighted by molar-refractivity contribution is 8.00. The molecule has 29 heavy (non-hydrogen) atoms. The molecule has 3 aromatic carbocycles. The van der Waals surface area contributed by atoms with Gasteiger partial charge in [0.25, 0.3) is 0 Å². The average Bonchev–Trinajstić information content (AvgIpc) is 3.58. The summed E-state index contributed by atoms with van der Waals surface area (Å²) >= 11 is 1.52. The lowest BCUT2D eigenvalue weighted by molar-refractivity contribution is -0.117. The topological polar surface area (TPSA) is 58.2 Å². The maximum atomic E-state index is 13.0. The molecule has 0 radical (unpaired) electrons. The Morgan fingerprint density at radius 3 is 2.55 bits per heavy atom. The molecule has 2 amide bonds. The molecular weight excluding hydrogens is 380 g/mol. The second kappa shape index (κ2) is 8.70. The Hall–Kier alpha value is -2.79. The molecular formula is C24H24N2O2S. The Morgan fingerprint density at radius 2 is 1.76 bits per heavy atom. The maximum Gasteiger partial charge on any atom is 0.237 e. The second-order valence-electron chi connectivity index (χ2n) is 7.32. The van der Waals surface area contributed by atoms with E-state index >= 15 is 0 Å². The highest BCUT2D eigenvalue weighted by Gasteiger charge is 2.29. The maximum absolute atomic E-state index is 13.0. The number of carbonyl (C=O) groups is 2. The normalized spacial score (nSPS) is 14.4. The average molecular weight is 405 g/mol. The van der Waals surface area contributed by atoms with E-state index in [1.807, 2.05) is 73.7 Å². The van der Waals surface area contributed by atoms with Crippen molar-refractivity contribution in [1.82, 2.24) is 0 Å². The SMILES string of the molecule is CCC(Sc1cccc(NC(=O)C2CC2)c1)C(=O)Nc1cccc2ccccc12. The number of benzene rings is 3. The summed E-state index contributed by atoms with van der Waals surface area (Å²) in [5.74, 6) is 0.246. The van der Waals surface area contributed by atoms with Gasteiger partial charge in [0.15, 0.2) is 0 Å². The van der Waals surface area contributed by atoms with Crippen LogP contribution in [0.1, 0.15) is 26.2 Å². The van der Waals surface area contributed by atoms with E-state index in [1.54, 1.807) is 0 Å². The van der Waals surface area contributed by atoms with Gasteiger partial charge in [-0.05, 0) is 48.9 Å². The van der Waals surface area contributed by atoms with Crippen molar-refractivity contribution in [3.05, 3.63) is 66.7 Å². The van der Waals surface area contributed by atoms with Crippen molar-refractivity contribution in [2.45, 2.75) is 36.3 Å². The molecule has 3 aromatic rings. The van der Waals surface area contributed by atoms with Gasteiger partial charge in [-0.15, -0.1) is 11.8 Å². The molecule has 2 N–H and O–H groups in total. The first-order chi connectivity index (χ1) is 14.1. The van der Waals surface area contributed by atoms with Gasteiger partial charge in [-0.1, -0.05) is 49.4 Å². The fourth-order valence-corrected chi connectivity index (χ4v) is 4.28. The molecule has 4 nitrogen and oxygen atoms in total. The lowest BCUT2D eigenvalue weighted by Crippen LogP contribution is -2.24. The van der Waals surface area contributed by atoms with Gasteiger partial charge >= 0.3 is 0 Å². The molecule has 0 heterocycles. The van der Waals surface area contributed by atoms with Crippen LogP contribution in [0, 0.1) is 5.92 Å². The molecule has 0 spiro atoms. The van der Waals surface area contributed by atoms with E-state index in [-0.39, 0.29) is 23.0 Å². The van der Waals surface area contributed by atoms with Crippen LogP contribution >= 0.6 is 11.8 Å². The van der Waals surface area contributed by atoms with Gasteiger partial charge < -0.3 is 10.6 Å². The summed E-state index contributed by atoms with van der Waals surface area (Å²) in [6.45, 7) is 2.01. The van der Waals surface area contributed by atoms with Crippen molar-refractivity contribution < 1.29 is 9.59 Å². The summed E-state index contributed by atoms with van der Waals surface area (Å²) in [4.78, 5) is 25.9. The number of nitrogens with one attached hydrogen (secondary N) is 2. The fourth-order valence-electron chi connectivity index (χ4n) is 3.27. The summed E-state index contributed by atoms with van der Waals surface area (Å²) in [6.07, 6.45) is 2.67. The third-order valence-electron chi connectivity index (χ3n) is 5.04. The minimum atomic E-state index is -0.219. The molecule has 1 aliphatic rings. The number of hydrogen-bond donors (Lipinski definition) is 2. The largest absolute Gasteiger partial charge is 0.326 e. The number of amides is 2. The smallest absolute Gasteiger partial charge is 0.237 e. The van der Waals surface area contributed by atoms with Crippen LogP contribution < -0.4 is 10.6 Å². The molecule has 4 rings (SSSR count). The van der Waals surface area contributed by atoms with Crippen LogP contribution in [-0.2, 0) is 9.59 Å². The van der Waals surface area contributed by atoms with Gasteiger partial charge in [0.1, 0.15) is 0 Å². The summed E-state index contributed by atoms with van der Waals surface area (Å²) in [7, 11) is 0. The first kappa shape index (κ1) is 19.5. The van der Waals surface area contributed by atoms with Gasteiger partial charge in [-0.3, -0.25) is 9.59 Å². The molecule has 5 heteroatoms. The van der Waals surface area contributed by atoms with Crippen molar-refractivity contribution in [3.63, 3.8) is 0 Å². The van der Waals surface area contributed by atoms with Gasteiger partial charge in [0.05, 0.1) is 5.25 Å². The van der Waals surface area contributed by atoms with Crippen molar-refractivity contribution in [3.8, 4) is 0 Å². The highest BCUT2D eigenvalue weighted by atomic mass is 32.2. The minimum Gasteiger partial charge on any atom is -0.326 e. The molecule has 0 bridgehead atoms. The Labute approximate surface area is 175 Å². The van der Waals surface area contributed by atoms with E-state index in [1.165, 1.54) is 11.8 Å². The number of hydrogen-bond acceptors (Lipinski definition) is 3. The number of anilines is 2. The standard InChI is InChI=1S/C24H24N2O2S/c1-2-22(24(28)26-21-12-5-8-16-7-3-4-11-20(16)21)29-19-10-6-9-18(15-19)25-23(27)17-13-14-17/h3-12,15,17,22H,2,13-14H2,1H3,(H,25,27)(H,26,28). The molecule has 1 saturated carbocycles. The van der Waals surface area contributed by atoms with Gasteiger partial charge in [-0.2, -0.15) is 0 Å². The Balaban J connectivity index is 1.45. The Morgan fingerprint density at radius 1 is 1.00 bits per heavy atom. The van der Waals surface area contributed by atoms with E-state index in [4.69, 9.17) is 0 Å². The molecule has 1 fully saturated rings. The fraction of sp³-hybridized carbons (Fsp3) is 0.250. The Kier molecular flexibility index (Phi) is 5.86. The quantitative estimate of drug-likeness (QED) is 0.497. The number of rotatable bonds is 7. The van der Waals surface area contributed by atoms with E-state index in [2.05, 4.69) is 10.6 Å². The van der Waals surface area contributed by atoms with Crippen LogP contribution in [0.3, 0.4) is 0 Å². The molecule has 1 unspecified atom stereocenters. The van der Waals surface area contributed by atoms with Crippen molar-refractivity contribution in [1.29, 1.82) is 0 Å². The predicted octanol–water partition coefficient (Wildman–Crippen LogP) is 5.70. The molecule has 0 aromatic heterocycles. The minimum absolute atomic E-state index is 0.0127. The zero-order valence-corrected chi connectivity index (χ0v) is 17.2. The van der Waals surface area contributed by atoms with Crippen LogP contribution in [0.15, 0.2) is 71.6 Å². The van der Waals surface area contributed by atoms with Crippen LogP contribution in [0.25, 0.3) is 10.8 Å². The molecule has 148 valence electrons. The zero-order valence-electron chi connectivity index (χ0n) is 16.4. The summed E-state index contributed by atoms with van der Waals surface area (Å²) in [6, 6.07) is 21.7. The van der Waals surface area contributed by atoms with Gasteiger partial charge in [0, 0.05) is 27.6 Å². The number of thioether (sulfide) groups is 1. The van der Waals surface area contributed by atoms with Crippen LogP contribution in [-0.4, -0.2) is 17.1 Å². The van der Waals surface area contributed by atoms with Crippen LogP contribution in [0.2, 0.25) is 0 Å². The van der Waals surface area contributed by atoms with Crippen LogP contribution in [0.4, 0.5) is 11.4 Å². The first-order valence-corrected chi connectivity index (χ1v) is 10.9. The van der Waals surface area contributed by atoms with Crippen LogP contribution in [0.5, 0.6) is 0 Å². The molecule has 1 atom stereocenters. The summed E-state index contributed by atoms with van der Waals surface area (Å²) in [5, 5.41) is 7.99. The van der Waals surface area contributed by atoms with E-state index in [9.17, 15) is 9.59 Å². The van der Waals surface area contributed by atoms with Gasteiger partial charge in [0.2, 0.25) is 11.8 Å². The highest BCUT2D eigenvalue weighted by Crippen LogP contribution is 2.32. The van der Waals surface area contributed by atoms with Crippen molar-refractivity contribution in [2.24, 2.45) is 5.92 Å². The monoisotopic (exact) mass is 404 g/mol. The van der Waals surface area contributed by atoms with E-state index in [0.29, 0.717) is 6.42 Å². The zero-order chi connectivity index (χ0) is 20.2.